The third-order valence-corrected chi connectivity index (χ3v) is 9.09. The molecule has 0 spiro atoms. The first-order valence-electron chi connectivity index (χ1n) is 9.52. The molecular weight excluding hydrogens is 436 g/mol. The molecule has 3 aliphatic carbocycles. The molecule has 3 fully saturated rings. The Morgan fingerprint density at radius 1 is 1.10 bits per heavy atom. The number of aliphatic hydroxyl groups is 1. The van der Waals surface area contributed by atoms with Crippen LogP contribution >= 0.6 is 11.6 Å². The Labute approximate surface area is 178 Å². The van der Waals surface area contributed by atoms with Gasteiger partial charge in [0.15, 0.2) is 21.5 Å². The summed E-state index contributed by atoms with van der Waals surface area (Å²) in [6.45, 7) is 1.74. The van der Waals surface area contributed by atoms with Gasteiger partial charge in [-0.25, -0.2) is 17.2 Å². The van der Waals surface area contributed by atoms with Crippen LogP contribution in [0.2, 0.25) is 5.02 Å². The summed E-state index contributed by atoms with van der Waals surface area (Å²) in [6, 6.07) is 6.80. The molecule has 5 nitrogen and oxygen atoms in total. The van der Waals surface area contributed by atoms with Crippen molar-refractivity contribution >= 4 is 33.0 Å². The number of sulfone groups is 1. The maximum atomic E-state index is 13.4. The lowest BCUT2D eigenvalue weighted by Gasteiger charge is -2.56. The van der Waals surface area contributed by atoms with Gasteiger partial charge < -0.3 is 10.4 Å². The van der Waals surface area contributed by atoms with Gasteiger partial charge >= 0.3 is 0 Å². The second-order valence-corrected chi connectivity index (χ2v) is 10.8. The van der Waals surface area contributed by atoms with E-state index in [9.17, 15) is 27.1 Å². The predicted molar refractivity (Wildman–Crippen MR) is 108 cm³/mol. The molecule has 0 aliphatic heterocycles. The summed E-state index contributed by atoms with van der Waals surface area (Å²) in [4.78, 5) is 12.4. The van der Waals surface area contributed by atoms with Crippen molar-refractivity contribution in [2.75, 3.05) is 5.32 Å². The number of rotatable bonds is 4. The van der Waals surface area contributed by atoms with Gasteiger partial charge in [0.05, 0.1) is 20.8 Å². The van der Waals surface area contributed by atoms with Crippen LogP contribution < -0.4 is 5.32 Å². The van der Waals surface area contributed by atoms with Crippen LogP contribution in [0.1, 0.15) is 36.5 Å². The first kappa shape index (κ1) is 21.2. The Kier molecular flexibility index (Phi) is 5.15. The van der Waals surface area contributed by atoms with Gasteiger partial charge in [0, 0.05) is 17.3 Å². The van der Waals surface area contributed by atoms with Crippen molar-refractivity contribution in [1.29, 1.82) is 0 Å². The van der Waals surface area contributed by atoms with Crippen molar-refractivity contribution in [2.45, 2.75) is 41.9 Å². The molecule has 0 heterocycles. The molecule has 5 rings (SSSR count). The van der Waals surface area contributed by atoms with E-state index in [0.29, 0.717) is 12.8 Å². The lowest BCUT2D eigenvalue weighted by molar-refractivity contribution is -0.162. The molecule has 2 unspecified atom stereocenters. The highest BCUT2D eigenvalue weighted by Gasteiger charge is 2.57. The minimum Gasteiger partial charge on any atom is -0.390 e. The predicted octanol–water partition coefficient (Wildman–Crippen LogP) is 4.19. The number of amides is 1. The Hall–Kier alpha value is -2.03. The number of carbonyl (C=O) groups excluding carboxylic acids is 1. The highest BCUT2D eigenvalue weighted by atomic mass is 35.5. The van der Waals surface area contributed by atoms with Gasteiger partial charge in [-0.3, -0.25) is 4.79 Å². The van der Waals surface area contributed by atoms with Gasteiger partial charge in [0.1, 0.15) is 0 Å². The quantitative estimate of drug-likeness (QED) is 0.724. The number of hydrogen-bond acceptors (Lipinski definition) is 4. The molecule has 160 valence electrons. The lowest BCUT2D eigenvalue weighted by Crippen LogP contribution is -2.60. The van der Waals surface area contributed by atoms with E-state index in [0.717, 1.165) is 18.6 Å². The molecular formula is C21H20ClF2NO4S. The van der Waals surface area contributed by atoms with Gasteiger partial charge in [0.2, 0.25) is 0 Å². The normalized spacial score (nSPS) is 28.0. The van der Waals surface area contributed by atoms with E-state index >= 15 is 0 Å². The average Bonchev–Trinajstić information content (AvgIpc) is 2.70. The highest BCUT2D eigenvalue weighted by Crippen LogP contribution is 2.55. The molecule has 0 aromatic heterocycles. The van der Waals surface area contributed by atoms with Crippen LogP contribution in [0.4, 0.5) is 14.5 Å². The van der Waals surface area contributed by atoms with Gasteiger partial charge in [0.25, 0.3) is 5.91 Å². The Morgan fingerprint density at radius 3 is 2.37 bits per heavy atom. The fourth-order valence-electron chi connectivity index (χ4n) is 4.47. The first-order chi connectivity index (χ1) is 14.0. The molecule has 9 heteroatoms. The van der Waals surface area contributed by atoms with Crippen LogP contribution in [0.5, 0.6) is 0 Å². The smallest absolute Gasteiger partial charge is 0.255 e. The van der Waals surface area contributed by atoms with Crippen molar-refractivity contribution in [1.82, 2.24) is 0 Å². The highest BCUT2D eigenvalue weighted by molar-refractivity contribution is 7.92. The molecule has 0 saturated heterocycles. The maximum Gasteiger partial charge on any atom is 0.255 e. The van der Waals surface area contributed by atoms with Crippen molar-refractivity contribution in [3.05, 3.63) is 58.6 Å². The summed E-state index contributed by atoms with van der Waals surface area (Å²) in [5, 5.41) is 12.1. The van der Waals surface area contributed by atoms with Crippen LogP contribution in [-0.4, -0.2) is 30.3 Å². The van der Waals surface area contributed by atoms with E-state index in [1.165, 1.54) is 24.3 Å². The number of fused-ring (bicyclic) bond motifs is 2. The number of halogens is 3. The van der Waals surface area contributed by atoms with Crippen molar-refractivity contribution in [3.8, 4) is 0 Å². The first-order valence-corrected chi connectivity index (χ1v) is 11.4. The summed E-state index contributed by atoms with van der Waals surface area (Å²) < 4.78 is 52.8. The number of hydrogen-bond donors (Lipinski definition) is 2. The van der Waals surface area contributed by atoms with Crippen molar-refractivity contribution in [2.24, 2.45) is 11.8 Å². The molecule has 1 amide bonds. The number of anilines is 1. The van der Waals surface area contributed by atoms with Crippen LogP contribution in [0.3, 0.4) is 0 Å². The number of nitrogens with one attached hydrogen (secondary N) is 1. The average molecular weight is 456 g/mol. The third-order valence-electron chi connectivity index (χ3n) is 6.43. The summed E-state index contributed by atoms with van der Waals surface area (Å²) in [6.07, 6.45) is 1.49. The van der Waals surface area contributed by atoms with Crippen molar-refractivity contribution < 1.29 is 27.1 Å². The van der Waals surface area contributed by atoms with Gasteiger partial charge in [-0.15, -0.1) is 0 Å². The maximum absolute atomic E-state index is 13.4. The van der Waals surface area contributed by atoms with E-state index in [1.54, 1.807) is 6.92 Å². The van der Waals surface area contributed by atoms with Crippen LogP contribution in [0.15, 0.2) is 41.3 Å². The molecule has 2 aromatic rings. The van der Waals surface area contributed by atoms with Crippen LogP contribution in [0, 0.1) is 23.5 Å². The van der Waals surface area contributed by atoms with E-state index in [1.807, 2.05) is 0 Å². The van der Waals surface area contributed by atoms with E-state index < -0.39 is 38.2 Å². The monoisotopic (exact) mass is 455 g/mol. The Bertz CT molecular complexity index is 1120. The fraction of sp³-hybridized carbons (Fsp3) is 0.381. The molecule has 2 bridgehead atoms. The Morgan fingerprint density at radius 2 is 1.77 bits per heavy atom. The van der Waals surface area contributed by atoms with Gasteiger partial charge in [-0.05, 0) is 68.4 Å². The van der Waals surface area contributed by atoms with E-state index in [4.69, 9.17) is 11.6 Å². The molecule has 3 saturated carbocycles. The summed E-state index contributed by atoms with van der Waals surface area (Å²) in [7, 11) is -3.82. The number of benzene rings is 2. The third kappa shape index (κ3) is 3.50. The van der Waals surface area contributed by atoms with Gasteiger partial charge in [-0.2, -0.15) is 0 Å². The summed E-state index contributed by atoms with van der Waals surface area (Å²) in [5.74, 6) is -2.98. The Balaban J connectivity index is 1.58. The van der Waals surface area contributed by atoms with E-state index in [-0.39, 0.29) is 33.0 Å². The molecule has 2 atom stereocenters. The van der Waals surface area contributed by atoms with E-state index in [2.05, 4.69) is 5.32 Å². The molecule has 3 aliphatic rings. The van der Waals surface area contributed by atoms with Gasteiger partial charge in [-0.1, -0.05) is 11.6 Å². The topological polar surface area (TPSA) is 83.5 Å². The molecule has 30 heavy (non-hydrogen) atoms. The fourth-order valence-corrected chi connectivity index (χ4v) is 6.87. The summed E-state index contributed by atoms with van der Waals surface area (Å²) in [5.41, 5.74) is -0.773. The second-order valence-electron chi connectivity index (χ2n) is 8.22. The second kappa shape index (κ2) is 7.28. The SMILES string of the molecule is CC1(O)C2CC1CC(S(=O)(=O)c1cc(C(=O)Nc3ccc(F)c(F)c3)ccc1Cl)C2. The van der Waals surface area contributed by atoms with Crippen LogP contribution in [-0.2, 0) is 9.84 Å². The van der Waals surface area contributed by atoms with Crippen molar-refractivity contribution in [3.63, 3.8) is 0 Å². The largest absolute Gasteiger partial charge is 0.390 e. The zero-order valence-electron chi connectivity index (χ0n) is 16.0. The van der Waals surface area contributed by atoms with Crippen LogP contribution in [0.25, 0.3) is 0 Å². The summed E-state index contributed by atoms with van der Waals surface area (Å²) >= 11 is 6.16. The molecule has 0 radical (unpaired) electrons. The number of carbonyl (C=O) groups is 1. The zero-order chi connectivity index (χ0) is 21.8. The zero-order valence-corrected chi connectivity index (χ0v) is 17.6. The minimum absolute atomic E-state index is 0.00498. The minimum atomic E-state index is -3.82. The standard InChI is InChI=1S/C21H20ClF2NO4S/c1-21(27)12-7-13(21)9-15(8-12)30(28,29)19-6-11(2-4-16(19)22)20(26)25-14-3-5-17(23)18(24)10-14/h2-6,10,12-13,15,27H,7-9H2,1H3,(H,25,26). The lowest BCUT2D eigenvalue weighted by atomic mass is 9.54. The molecule has 2 aromatic carbocycles. The molecule has 2 N–H and O–H groups in total.